The van der Waals surface area contributed by atoms with Gasteiger partial charge < -0.3 is 14.2 Å². The van der Waals surface area contributed by atoms with E-state index in [0.29, 0.717) is 17.9 Å². The Balaban J connectivity index is 1.73. The Kier molecular flexibility index (Phi) is 5.95. The number of nitrogens with zero attached hydrogens (tertiary/aromatic N) is 4. The van der Waals surface area contributed by atoms with Gasteiger partial charge in [-0.2, -0.15) is 5.10 Å². The van der Waals surface area contributed by atoms with Crippen molar-refractivity contribution in [3.63, 3.8) is 0 Å². The van der Waals surface area contributed by atoms with Crippen LogP contribution in [0.15, 0.2) is 45.5 Å². The molecule has 1 aromatic carbocycles. The fraction of sp³-hybridized carbons (Fsp3) is 0.316. The number of amides is 1. The largest absolute Gasteiger partial charge is 0.489 e. The SMILES string of the molecule is CCn1cc(Br)c(CN(C)C(=O)c2noc(C)c2COc2ccccc2)n1. The number of rotatable bonds is 7. The highest BCUT2D eigenvalue weighted by Gasteiger charge is 2.24. The van der Waals surface area contributed by atoms with Crippen LogP contribution in [0.2, 0.25) is 0 Å². The van der Waals surface area contributed by atoms with Crippen LogP contribution in [0.25, 0.3) is 0 Å². The predicted octanol–water partition coefficient (Wildman–Crippen LogP) is 3.81. The Morgan fingerprint density at radius 1 is 1.33 bits per heavy atom. The Morgan fingerprint density at radius 2 is 2.07 bits per heavy atom. The minimum Gasteiger partial charge on any atom is -0.489 e. The van der Waals surface area contributed by atoms with E-state index in [-0.39, 0.29) is 18.2 Å². The van der Waals surface area contributed by atoms with E-state index < -0.39 is 0 Å². The lowest BCUT2D eigenvalue weighted by molar-refractivity contribution is 0.0770. The third-order valence-electron chi connectivity index (χ3n) is 4.16. The van der Waals surface area contributed by atoms with Crippen LogP contribution in [-0.4, -0.2) is 32.8 Å². The molecule has 3 aromatic rings. The molecular formula is C19H21BrN4O3. The summed E-state index contributed by atoms with van der Waals surface area (Å²) < 4.78 is 13.7. The fourth-order valence-corrected chi connectivity index (χ4v) is 3.03. The molecule has 142 valence electrons. The third-order valence-corrected chi connectivity index (χ3v) is 4.82. The number of benzene rings is 1. The molecule has 0 radical (unpaired) electrons. The zero-order chi connectivity index (χ0) is 19.4. The van der Waals surface area contributed by atoms with E-state index in [0.717, 1.165) is 22.5 Å². The minimum atomic E-state index is -0.239. The second-order valence-electron chi connectivity index (χ2n) is 6.11. The van der Waals surface area contributed by atoms with Crippen molar-refractivity contribution in [2.24, 2.45) is 0 Å². The van der Waals surface area contributed by atoms with E-state index >= 15 is 0 Å². The highest BCUT2D eigenvalue weighted by Crippen LogP contribution is 2.21. The van der Waals surface area contributed by atoms with Crippen LogP contribution in [0, 0.1) is 6.92 Å². The van der Waals surface area contributed by atoms with Gasteiger partial charge in [0.05, 0.1) is 22.3 Å². The van der Waals surface area contributed by atoms with Crippen LogP contribution in [0.1, 0.15) is 34.4 Å². The van der Waals surface area contributed by atoms with Crippen LogP contribution in [0.5, 0.6) is 5.75 Å². The maximum absolute atomic E-state index is 12.9. The summed E-state index contributed by atoms with van der Waals surface area (Å²) in [5, 5.41) is 8.41. The lowest BCUT2D eigenvalue weighted by atomic mass is 10.2. The number of ether oxygens (including phenoxy) is 1. The number of hydrogen-bond donors (Lipinski definition) is 0. The first kappa shape index (κ1) is 19.2. The molecule has 0 aliphatic rings. The first-order valence-corrected chi connectivity index (χ1v) is 9.39. The highest BCUT2D eigenvalue weighted by atomic mass is 79.9. The predicted molar refractivity (Wildman–Crippen MR) is 103 cm³/mol. The maximum Gasteiger partial charge on any atom is 0.276 e. The Morgan fingerprint density at radius 3 is 2.74 bits per heavy atom. The summed E-state index contributed by atoms with van der Waals surface area (Å²) in [4.78, 5) is 14.4. The molecule has 2 heterocycles. The van der Waals surface area contributed by atoms with Crippen molar-refractivity contribution in [3.05, 3.63) is 63.7 Å². The van der Waals surface area contributed by atoms with Crippen LogP contribution in [-0.2, 0) is 19.7 Å². The standard InChI is InChI=1S/C19H21BrN4O3/c1-4-24-10-16(20)17(21-24)11-23(3)19(25)18-15(13(2)27-22-18)12-26-14-8-6-5-7-9-14/h5-10H,4,11-12H2,1-3H3. The number of aryl methyl sites for hydroxylation is 2. The first-order chi connectivity index (χ1) is 13.0. The molecular weight excluding hydrogens is 412 g/mol. The fourth-order valence-electron chi connectivity index (χ4n) is 2.58. The average Bonchev–Trinajstić information content (AvgIpc) is 3.22. The summed E-state index contributed by atoms with van der Waals surface area (Å²) in [7, 11) is 1.71. The highest BCUT2D eigenvalue weighted by molar-refractivity contribution is 9.10. The summed E-state index contributed by atoms with van der Waals surface area (Å²) in [5.74, 6) is 1.05. The van der Waals surface area contributed by atoms with Crippen molar-refractivity contribution >= 4 is 21.8 Å². The molecule has 0 saturated heterocycles. The first-order valence-electron chi connectivity index (χ1n) is 8.59. The van der Waals surface area contributed by atoms with Crippen molar-refractivity contribution < 1.29 is 14.1 Å². The molecule has 27 heavy (non-hydrogen) atoms. The van der Waals surface area contributed by atoms with Gasteiger partial charge in [-0.3, -0.25) is 9.48 Å². The quantitative estimate of drug-likeness (QED) is 0.567. The van der Waals surface area contributed by atoms with E-state index in [1.807, 2.05) is 48.1 Å². The van der Waals surface area contributed by atoms with Crippen molar-refractivity contribution in [3.8, 4) is 5.75 Å². The molecule has 0 atom stereocenters. The maximum atomic E-state index is 12.9. The number of para-hydroxylation sites is 1. The van der Waals surface area contributed by atoms with Gasteiger partial charge in [-0.05, 0) is 41.9 Å². The van der Waals surface area contributed by atoms with E-state index in [4.69, 9.17) is 9.26 Å². The smallest absolute Gasteiger partial charge is 0.276 e. The molecule has 0 aliphatic heterocycles. The van der Waals surface area contributed by atoms with Crippen molar-refractivity contribution in [1.82, 2.24) is 19.8 Å². The summed E-state index contributed by atoms with van der Waals surface area (Å²) in [6.45, 7) is 5.11. The van der Waals surface area contributed by atoms with Crippen LogP contribution < -0.4 is 4.74 Å². The summed E-state index contributed by atoms with van der Waals surface area (Å²) in [6.07, 6.45) is 1.90. The summed E-state index contributed by atoms with van der Waals surface area (Å²) >= 11 is 3.49. The van der Waals surface area contributed by atoms with Gasteiger partial charge in [-0.1, -0.05) is 23.4 Å². The summed E-state index contributed by atoms with van der Waals surface area (Å²) in [5.41, 5.74) is 1.70. The zero-order valence-electron chi connectivity index (χ0n) is 15.5. The molecule has 8 heteroatoms. The van der Waals surface area contributed by atoms with E-state index in [1.54, 1.807) is 18.9 Å². The van der Waals surface area contributed by atoms with Gasteiger partial charge in [0.2, 0.25) is 0 Å². The molecule has 1 amide bonds. The Hall–Kier alpha value is -2.61. The monoisotopic (exact) mass is 432 g/mol. The second-order valence-corrected chi connectivity index (χ2v) is 6.96. The van der Waals surface area contributed by atoms with E-state index in [2.05, 4.69) is 26.2 Å². The topological polar surface area (TPSA) is 73.4 Å². The van der Waals surface area contributed by atoms with Crippen LogP contribution >= 0.6 is 15.9 Å². The molecule has 0 unspecified atom stereocenters. The van der Waals surface area contributed by atoms with Gasteiger partial charge in [0, 0.05) is 19.8 Å². The third kappa shape index (κ3) is 4.39. The number of halogens is 1. The lowest BCUT2D eigenvalue weighted by Gasteiger charge is -2.15. The van der Waals surface area contributed by atoms with Gasteiger partial charge in [0.25, 0.3) is 5.91 Å². The van der Waals surface area contributed by atoms with Crippen LogP contribution in [0.4, 0.5) is 0 Å². The number of carbonyl (C=O) groups excluding carboxylic acids is 1. The molecule has 2 aromatic heterocycles. The average molecular weight is 433 g/mol. The van der Waals surface area contributed by atoms with Crippen molar-refractivity contribution in [2.45, 2.75) is 33.5 Å². The Labute approximate surface area is 166 Å². The van der Waals surface area contributed by atoms with Crippen LogP contribution in [0.3, 0.4) is 0 Å². The molecule has 3 rings (SSSR count). The van der Waals surface area contributed by atoms with E-state index in [1.165, 1.54) is 0 Å². The zero-order valence-corrected chi connectivity index (χ0v) is 17.1. The number of carbonyl (C=O) groups is 1. The summed E-state index contributed by atoms with van der Waals surface area (Å²) in [6, 6.07) is 9.42. The van der Waals surface area contributed by atoms with Gasteiger partial charge in [0.1, 0.15) is 18.1 Å². The molecule has 0 fully saturated rings. The van der Waals surface area contributed by atoms with E-state index in [9.17, 15) is 4.79 Å². The number of hydrogen-bond acceptors (Lipinski definition) is 5. The normalized spacial score (nSPS) is 10.8. The second kappa shape index (κ2) is 8.39. The molecule has 0 N–H and O–H groups in total. The molecule has 0 spiro atoms. The van der Waals surface area contributed by atoms with Gasteiger partial charge in [0.15, 0.2) is 5.69 Å². The molecule has 0 saturated carbocycles. The minimum absolute atomic E-state index is 0.211. The van der Waals surface area contributed by atoms with Crippen molar-refractivity contribution in [1.29, 1.82) is 0 Å². The lowest BCUT2D eigenvalue weighted by Crippen LogP contribution is -2.28. The van der Waals surface area contributed by atoms with Gasteiger partial charge in [-0.15, -0.1) is 0 Å². The molecule has 7 nitrogen and oxygen atoms in total. The van der Waals surface area contributed by atoms with Crippen molar-refractivity contribution in [2.75, 3.05) is 7.05 Å². The molecule has 0 bridgehead atoms. The Bertz CT molecular complexity index is 920. The van der Waals surface area contributed by atoms with Gasteiger partial charge in [-0.25, -0.2) is 0 Å². The number of aromatic nitrogens is 3. The molecule has 0 aliphatic carbocycles. The van der Waals surface area contributed by atoms with Gasteiger partial charge >= 0.3 is 0 Å².